The standard InChI is InChI=1S/C16H25NO2S/c1-11(12-4-9-15(18)16(10-12)19-2)17-13-5-7-14(20-3)8-6-13/h4,9-11,13-14,17-18H,5-8H2,1-3H3. The number of benzene rings is 1. The summed E-state index contributed by atoms with van der Waals surface area (Å²) < 4.78 is 5.17. The van der Waals surface area contributed by atoms with Crippen molar-refractivity contribution < 1.29 is 9.84 Å². The Kier molecular flexibility index (Phi) is 5.61. The predicted molar refractivity (Wildman–Crippen MR) is 85.8 cm³/mol. The second kappa shape index (κ2) is 7.23. The number of ether oxygens (including phenoxy) is 1. The van der Waals surface area contributed by atoms with Crippen LogP contribution in [0.3, 0.4) is 0 Å². The van der Waals surface area contributed by atoms with E-state index in [1.54, 1.807) is 13.2 Å². The van der Waals surface area contributed by atoms with Gasteiger partial charge in [-0.1, -0.05) is 6.07 Å². The second-order valence-corrected chi connectivity index (χ2v) is 6.67. The summed E-state index contributed by atoms with van der Waals surface area (Å²) in [5.41, 5.74) is 1.16. The Bertz CT molecular complexity index is 430. The highest BCUT2D eigenvalue weighted by Gasteiger charge is 2.22. The Labute approximate surface area is 126 Å². The van der Waals surface area contributed by atoms with Crippen molar-refractivity contribution in [3.05, 3.63) is 23.8 Å². The second-order valence-electron chi connectivity index (χ2n) is 5.53. The Morgan fingerprint density at radius 2 is 2.00 bits per heavy atom. The molecule has 4 heteroatoms. The first-order valence-corrected chi connectivity index (χ1v) is 8.58. The zero-order valence-electron chi connectivity index (χ0n) is 12.6. The molecule has 1 aliphatic carbocycles. The highest BCUT2D eigenvalue weighted by atomic mass is 32.2. The lowest BCUT2D eigenvalue weighted by molar-refractivity contribution is 0.349. The first kappa shape index (κ1) is 15.5. The van der Waals surface area contributed by atoms with Crippen molar-refractivity contribution in [2.75, 3.05) is 13.4 Å². The van der Waals surface area contributed by atoms with Crippen LogP contribution in [-0.2, 0) is 0 Å². The number of aromatic hydroxyl groups is 1. The van der Waals surface area contributed by atoms with Crippen LogP contribution in [0, 0.1) is 0 Å². The number of thioether (sulfide) groups is 1. The third-order valence-electron chi connectivity index (χ3n) is 4.20. The monoisotopic (exact) mass is 295 g/mol. The van der Waals surface area contributed by atoms with Crippen LogP contribution in [0.4, 0.5) is 0 Å². The van der Waals surface area contributed by atoms with E-state index in [9.17, 15) is 5.11 Å². The molecule has 0 spiro atoms. The average molecular weight is 295 g/mol. The topological polar surface area (TPSA) is 41.5 Å². The van der Waals surface area contributed by atoms with Gasteiger partial charge in [-0.05, 0) is 56.6 Å². The summed E-state index contributed by atoms with van der Waals surface area (Å²) in [5.74, 6) is 0.742. The van der Waals surface area contributed by atoms with Crippen LogP contribution in [-0.4, -0.2) is 29.8 Å². The van der Waals surface area contributed by atoms with Crippen molar-refractivity contribution in [3.63, 3.8) is 0 Å². The number of rotatable bonds is 5. The van der Waals surface area contributed by atoms with Crippen molar-refractivity contribution in [2.45, 2.75) is 49.9 Å². The minimum absolute atomic E-state index is 0.198. The van der Waals surface area contributed by atoms with Gasteiger partial charge in [-0.3, -0.25) is 0 Å². The van der Waals surface area contributed by atoms with E-state index >= 15 is 0 Å². The number of hydrogen-bond acceptors (Lipinski definition) is 4. The molecule has 0 aromatic heterocycles. The molecule has 1 unspecified atom stereocenters. The highest BCUT2D eigenvalue weighted by molar-refractivity contribution is 7.99. The van der Waals surface area contributed by atoms with Gasteiger partial charge in [0.25, 0.3) is 0 Å². The summed E-state index contributed by atoms with van der Waals surface area (Å²) in [5, 5.41) is 14.2. The summed E-state index contributed by atoms with van der Waals surface area (Å²) >= 11 is 2.00. The molecular weight excluding hydrogens is 270 g/mol. The Morgan fingerprint density at radius 1 is 1.30 bits per heavy atom. The minimum atomic E-state index is 0.198. The molecule has 1 fully saturated rings. The molecule has 1 aromatic carbocycles. The quantitative estimate of drug-likeness (QED) is 0.868. The fraction of sp³-hybridized carbons (Fsp3) is 0.625. The largest absolute Gasteiger partial charge is 0.504 e. The van der Waals surface area contributed by atoms with Gasteiger partial charge < -0.3 is 15.2 Å². The number of phenolic OH excluding ortho intramolecular Hbond substituents is 1. The van der Waals surface area contributed by atoms with E-state index in [0.717, 1.165) is 10.8 Å². The fourth-order valence-corrected chi connectivity index (χ4v) is 3.62. The van der Waals surface area contributed by atoms with Gasteiger partial charge in [-0.15, -0.1) is 0 Å². The van der Waals surface area contributed by atoms with E-state index in [1.165, 1.54) is 25.7 Å². The van der Waals surface area contributed by atoms with E-state index in [4.69, 9.17) is 4.74 Å². The van der Waals surface area contributed by atoms with Gasteiger partial charge in [0.2, 0.25) is 0 Å². The van der Waals surface area contributed by atoms with Gasteiger partial charge in [0.15, 0.2) is 11.5 Å². The molecule has 1 atom stereocenters. The zero-order chi connectivity index (χ0) is 14.5. The lowest BCUT2D eigenvalue weighted by Crippen LogP contribution is -2.35. The predicted octanol–water partition coefficient (Wildman–Crippen LogP) is 3.73. The lowest BCUT2D eigenvalue weighted by Gasteiger charge is -2.30. The van der Waals surface area contributed by atoms with Gasteiger partial charge in [0.1, 0.15) is 0 Å². The van der Waals surface area contributed by atoms with Gasteiger partial charge >= 0.3 is 0 Å². The smallest absolute Gasteiger partial charge is 0.160 e. The lowest BCUT2D eigenvalue weighted by atomic mass is 9.93. The highest BCUT2D eigenvalue weighted by Crippen LogP contribution is 2.31. The molecule has 0 radical (unpaired) electrons. The molecule has 0 heterocycles. The van der Waals surface area contributed by atoms with Crippen molar-refractivity contribution >= 4 is 11.8 Å². The normalized spacial score (nSPS) is 24.4. The number of methoxy groups -OCH3 is 1. The van der Waals surface area contributed by atoms with Crippen molar-refractivity contribution in [1.29, 1.82) is 0 Å². The molecule has 0 bridgehead atoms. The summed E-state index contributed by atoms with van der Waals surface area (Å²) in [4.78, 5) is 0. The Balaban J connectivity index is 1.93. The number of hydrogen-bond donors (Lipinski definition) is 2. The Hall–Kier alpha value is -0.870. The van der Waals surface area contributed by atoms with Crippen LogP contribution in [0.15, 0.2) is 18.2 Å². The summed E-state index contributed by atoms with van der Waals surface area (Å²) in [6.45, 7) is 2.17. The molecule has 20 heavy (non-hydrogen) atoms. The van der Waals surface area contributed by atoms with Gasteiger partial charge in [0, 0.05) is 17.3 Å². The molecule has 112 valence electrons. The Morgan fingerprint density at radius 3 is 2.60 bits per heavy atom. The first-order chi connectivity index (χ1) is 9.63. The van der Waals surface area contributed by atoms with E-state index < -0.39 is 0 Å². The molecule has 3 nitrogen and oxygen atoms in total. The van der Waals surface area contributed by atoms with Crippen LogP contribution in [0.1, 0.15) is 44.2 Å². The van der Waals surface area contributed by atoms with E-state index in [1.807, 2.05) is 23.9 Å². The summed E-state index contributed by atoms with van der Waals surface area (Å²) in [6.07, 6.45) is 7.34. The zero-order valence-corrected chi connectivity index (χ0v) is 13.4. The van der Waals surface area contributed by atoms with Gasteiger partial charge in [0.05, 0.1) is 7.11 Å². The maximum absolute atomic E-state index is 9.65. The molecule has 0 aliphatic heterocycles. The van der Waals surface area contributed by atoms with Crippen molar-refractivity contribution in [2.24, 2.45) is 0 Å². The van der Waals surface area contributed by atoms with Crippen LogP contribution >= 0.6 is 11.8 Å². The third-order valence-corrected chi connectivity index (χ3v) is 5.34. The van der Waals surface area contributed by atoms with E-state index in [-0.39, 0.29) is 11.8 Å². The molecule has 1 aromatic rings. The number of nitrogens with one attached hydrogen (secondary N) is 1. The molecule has 0 saturated heterocycles. The van der Waals surface area contributed by atoms with Crippen LogP contribution in [0.5, 0.6) is 11.5 Å². The molecule has 2 rings (SSSR count). The van der Waals surface area contributed by atoms with E-state index in [2.05, 4.69) is 18.5 Å². The first-order valence-electron chi connectivity index (χ1n) is 7.29. The van der Waals surface area contributed by atoms with Crippen LogP contribution in [0.25, 0.3) is 0 Å². The minimum Gasteiger partial charge on any atom is -0.504 e. The van der Waals surface area contributed by atoms with Crippen LogP contribution in [0.2, 0.25) is 0 Å². The SMILES string of the molecule is COc1cc(C(C)NC2CCC(SC)CC2)ccc1O. The molecular formula is C16H25NO2S. The molecule has 2 N–H and O–H groups in total. The fourth-order valence-electron chi connectivity index (χ4n) is 2.88. The summed E-state index contributed by atoms with van der Waals surface area (Å²) in [7, 11) is 1.58. The van der Waals surface area contributed by atoms with Gasteiger partial charge in [-0.25, -0.2) is 0 Å². The molecule has 1 saturated carbocycles. The van der Waals surface area contributed by atoms with Crippen molar-refractivity contribution in [1.82, 2.24) is 5.32 Å². The third kappa shape index (κ3) is 3.83. The van der Waals surface area contributed by atoms with E-state index in [0.29, 0.717) is 11.8 Å². The van der Waals surface area contributed by atoms with Gasteiger partial charge in [-0.2, -0.15) is 11.8 Å². The number of phenols is 1. The maximum atomic E-state index is 9.65. The van der Waals surface area contributed by atoms with Crippen molar-refractivity contribution in [3.8, 4) is 11.5 Å². The summed E-state index contributed by atoms with van der Waals surface area (Å²) in [6, 6.07) is 6.47. The van der Waals surface area contributed by atoms with Crippen LogP contribution < -0.4 is 10.1 Å². The molecule has 0 amide bonds. The maximum Gasteiger partial charge on any atom is 0.160 e. The molecule has 1 aliphatic rings. The average Bonchev–Trinajstić information content (AvgIpc) is 2.48.